The third kappa shape index (κ3) is 4.26. The zero-order valence-corrected chi connectivity index (χ0v) is 18.2. The van der Waals surface area contributed by atoms with Gasteiger partial charge in [0, 0.05) is 25.3 Å². The van der Waals surface area contributed by atoms with Gasteiger partial charge in [-0.15, -0.1) is 0 Å². The van der Waals surface area contributed by atoms with Crippen LogP contribution in [0.4, 0.5) is 36.4 Å². The molecular weight excluding hydrogens is 425 g/mol. The smallest absolute Gasteiger partial charge is 0.367 e. The second kappa shape index (κ2) is 8.06. The number of nitrogens with zero attached hydrogens (tertiary/aromatic N) is 5. The van der Waals surface area contributed by atoms with Crippen molar-refractivity contribution in [2.75, 3.05) is 27.9 Å². The number of fused-ring (bicyclic) bond motifs is 1. The lowest BCUT2D eigenvalue weighted by Gasteiger charge is -2.38. The van der Waals surface area contributed by atoms with Crippen LogP contribution < -0.4 is 20.9 Å². The van der Waals surface area contributed by atoms with E-state index in [1.807, 2.05) is 32.7 Å². The highest BCUT2D eigenvalue weighted by molar-refractivity contribution is 6.03. The summed E-state index contributed by atoms with van der Waals surface area (Å²) in [5.41, 5.74) is 1.27. The summed E-state index contributed by atoms with van der Waals surface area (Å²) < 4.78 is 38.3. The molecule has 0 aromatic carbocycles. The lowest BCUT2D eigenvalue weighted by Crippen LogP contribution is -2.50. The molecule has 9 nitrogen and oxygen atoms in total. The first-order valence-electron chi connectivity index (χ1n) is 10.4. The monoisotopic (exact) mass is 450 g/mol. The van der Waals surface area contributed by atoms with Crippen LogP contribution in [0.2, 0.25) is 0 Å². The van der Waals surface area contributed by atoms with Gasteiger partial charge in [-0.1, -0.05) is 13.8 Å². The predicted octanol–water partition coefficient (Wildman–Crippen LogP) is 3.06. The van der Waals surface area contributed by atoms with Crippen LogP contribution in [0.1, 0.15) is 38.2 Å². The largest absolute Gasteiger partial charge is 0.451 e. The number of aryl methyl sites for hydroxylation is 1. The second-order valence-electron chi connectivity index (χ2n) is 8.54. The van der Waals surface area contributed by atoms with Gasteiger partial charge in [-0.25, -0.2) is 15.0 Å². The molecule has 0 unspecified atom stereocenters. The molecule has 12 heteroatoms. The molecule has 3 heterocycles. The van der Waals surface area contributed by atoms with Crippen molar-refractivity contribution < 1.29 is 18.0 Å². The van der Waals surface area contributed by atoms with E-state index < -0.39 is 12.0 Å². The predicted molar refractivity (Wildman–Crippen MR) is 114 cm³/mol. The fraction of sp³-hybridized carbons (Fsp3) is 0.550. The molecule has 4 rings (SSSR count). The van der Waals surface area contributed by atoms with Crippen LogP contribution in [0.25, 0.3) is 0 Å². The first-order chi connectivity index (χ1) is 15.0. The topological polar surface area (TPSA) is 108 Å². The Balaban J connectivity index is 1.40. The molecule has 2 aromatic rings. The van der Waals surface area contributed by atoms with Gasteiger partial charge in [-0.05, 0) is 31.7 Å². The minimum atomic E-state index is -4.58. The van der Waals surface area contributed by atoms with E-state index in [1.54, 1.807) is 0 Å². The number of aromatic nitrogens is 4. The SMILES string of the molecule is Cc1nc(NC2CC(Nc3ccnc(C(F)(F)F)n3)C2)nc2c1NC(=O)[C@H](C(C)C)N2C. The fourth-order valence-corrected chi connectivity index (χ4v) is 4.10. The van der Waals surface area contributed by atoms with Crippen LogP contribution in [-0.4, -0.2) is 51.0 Å². The Morgan fingerprint density at radius 3 is 2.50 bits per heavy atom. The number of halogens is 3. The highest BCUT2D eigenvalue weighted by atomic mass is 19.4. The molecule has 1 atom stereocenters. The molecule has 1 aliphatic heterocycles. The number of amides is 1. The fourth-order valence-electron chi connectivity index (χ4n) is 4.10. The molecule has 1 amide bonds. The second-order valence-corrected chi connectivity index (χ2v) is 8.54. The number of carbonyl (C=O) groups is 1. The average molecular weight is 450 g/mol. The van der Waals surface area contributed by atoms with E-state index in [1.165, 1.54) is 6.07 Å². The van der Waals surface area contributed by atoms with Gasteiger partial charge in [-0.3, -0.25) is 4.79 Å². The van der Waals surface area contributed by atoms with Gasteiger partial charge in [0.15, 0.2) is 5.82 Å². The van der Waals surface area contributed by atoms with Crippen LogP contribution >= 0.6 is 0 Å². The van der Waals surface area contributed by atoms with Crippen LogP contribution in [0.15, 0.2) is 12.3 Å². The molecule has 172 valence electrons. The number of rotatable bonds is 5. The molecule has 1 fully saturated rings. The Labute approximate surface area is 183 Å². The van der Waals surface area contributed by atoms with Crippen molar-refractivity contribution in [3.8, 4) is 0 Å². The molecule has 0 spiro atoms. The molecule has 2 aromatic heterocycles. The summed E-state index contributed by atoms with van der Waals surface area (Å²) >= 11 is 0. The zero-order valence-electron chi connectivity index (χ0n) is 18.2. The third-order valence-electron chi connectivity index (χ3n) is 5.70. The quantitative estimate of drug-likeness (QED) is 0.638. The van der Waals surface area contributed by atoms with Crippen molar-refractivity contribution >= 4 is 29.2 Å². The summed E-state index contributed by atoms with van der Waals surface area (Å²) in [6.07, 6.45) is -2.14. The van der Waals surface area contributed by atoms with Gasteiger partial charge in [0.1, 0.15) is 17.5 Å². The summed E-state index contributed by atoms with van der Waals surface area (Å²) in [5.74, 6) is 0.135. The number of likely N-dealkylation sites (N-methyl/N-ethyl adjacent to an activating group) is 1. The van der Waals surface area contributed by atoms with E-state index in [-0.39, 0.29) is 35.8 Å². The first-order valence-corrected chi connectivity index (χ1v) is 10.4. The van der Waals surface area contributed by atoms with Gasteiger partial charge in [-0.2, -0.15) is 18.2 Å². The molecule has 0 saturated heterocycles. The van der Waals surface area contributed by atoms with Crippen molar-refractivity contribution in [1.82, 2.24) is 19.9 Å². The maximum Gasteiger partial charge on any atom is 0.451 e. The Hall–Kier alpha value is -3.18. The summed E-state index contributed by atoms with van der Waals surface area (Å²) in [6, 6.07) is 1.14. The van der Waals surface area contributed by atoms with Gasteiger partial charge in [0.25, 0.3) is 0 Å². The van der Waals surface area contributed by atoms with Gasteiger partial charge < -0.3 is 20.9 Å². The molecule has 0 radical (unpaired) electrons. The van der Waals surface area contributed by atoms with Crippen molar-refractivity contribution in [3.05, 3.63) is 23.8 Å². The van der Waals surface area contributed by atoms with Crippen LogP contribution in [0.3, 0.4) is 0 Å². The molecule has 32 heavy (non-hydrogen) atoms. The summed E-state index contributed by atoms with van der Waals surface area (Å²) in [5, 5.41) is 9.21. The zero-order chi connectivity index (χ0) is 23.2. The van der Waals surface area contributed by atoms with Gasteiger partial charge in [0.2, 0.25) is 17.7 Å². The minimum absolute atomic E-state index is 0.0190. The van der Waals surface area contributed by atoms with Crippen molar-refractivity contribution in [1.29, 1.82) is 0 Å². The standard InChI is InChI=1S/C20H25F3N8O/c1-9(2)15-17(32)29-14-10(3)25-19(30-16(14)31(15)4)27-12-7-11(8-12)26-13-5-6-24-18(28-13)20(21,22)23/h5-6,9,11-12,15H,7-8H2,1-4H3,(H,29,32)(H,24,26,28)(H,25,27,30)/t11?,12?,15-/m0/s1. The first kappa shape index (κ1) is 22.0. The van der Waals surface area contributed by atoms with E-state index in [9.17, 15) is 18.0 Å². The van der Waals surface area contributed by atoms with E-state index in [2.05, 4.69) is 35.9 Å². The van der Waals surface area contributed by atoms with E-state index in [0.29, 0.717) is 36.0 Å². The van der Waals surface area contributed by atoms with Crippen LogP contribution in [0.5, 0.6) is 0 Å². The minimum Gasteiger partial charge on any atom is -0.367 e. The average Bonchev–Trinajstić information content (AvgIpc) is 2.66. The Morgan fingerprint density at radius 1 is 1.16 bits per heavy atom. The number of hydrogen-bond donors (Lipinski definition) is 3. The third-order valence-corrected chi connectivity index (χ3v) is 5.70. The maximum atomic E-state index is 12.8. The number of hydrogen-bond acceptors (Lipinski definition) is 8. The number of alkyl halides is 3. The van der Waals surface area contributed by atoms with Crippen molar-refractivity contribution in [3.63, 3.8) is 0 Å². The maximum absolute atomic E-state index is 12.8. The summed E-state index contributed by atoms with van der Waals surface area (Å²) in [7, 11) is 1.85. The van der Waals surface area contributed by atoms with Crippen LogP contribution in [-0.2, 0) is 11.0 Å². The lowest BCUT2D eigenvalue weighted by atomic mass is 9.87. The van der Waals surface area contributed by atoms with E-state index >= 15 is 0 Å². The van der Waals surface area contributed by atoms with E-state index in [4.69, 9.17) is 0 Å². The van der Waals surface area contributed by atoms with Gasteiger partial charge in [0.05, 0.1) is 5.69 Å². The molecule has 0 bridgehead atoms. The van der Waals surface area contributed by atoms with Crippen LogP contribution in [0, 0.1) is 12.8 Å². The van der Waals surface area contributed by atoms with Crippen molar-refractivity contribution in [2.45, 2.75) is 57.9 Å². The molecule has 3 N–H and O–H groups in total. The van der Waals surface area contributed by atoms with E-state index in [0.717, 1.165) is 6.20 Å². The highest BCUT2D eigenvalue weighted by Gasteiger charge is 2.37. The highest BCUT2D eigenvalue weighted by Crippen LogP contribution is 2.35. The number of carbonyl (C=O) groups excluding carboxylic acids is 1. The molecular formula is C20H25F3N8O. The van der Waals surface area contributed by atoms with Crippen molar-refractivity contribution in [2.24, 2.45) is 5.92 Å². The Morgan fingerprint density at radius 2 is 1.84 bits per heavy atom. The number of nitrogens with one attached hydrogen (secondary N) is 3. The summed E-state index contributed by atoms with van der Waals surface area (Å²) in [4.78, 5) is 30.2. The summed E-state index contributed by atoms with van der Waals surface area (Å²) in [6.45, 7) is 5.78. The molecule has 1 saturated carbocycles. The normalized spacial score (nSPS) is 22.8. The molecule has 2 aliphatic rings. The molecule has 1 aliphatic carbocycles. The van der Waals surface area contributed by atoms with Gasteiger partial charge >= 0.3 is 6.18 Å². The lowest BCUT2D eigenvalue weighted by molar-refractivity contribution is -0.144. The number of anilines is 4. The Kier molecular flexibility index (Phi) is 5.55. The Bertz CT molecular complexity index is 1020.